The Morgan fingerprint density at radius 3 is 2.05 bits per heavy atom. The van der Waals surface area contributed by atoms with Crippen molar-refractivity contribution in [3.63, 3.8) is 0 Å². The maximum absolute atomic E-state index is 6.28. The van der Waals surface area contributed by atoms with Crippen LogP contribution in [0.25, 0.3) is 0 Å². The van der Waals surface area contributed by atoms with Gasteiger partial charge in [0.2, 0.25) is 0 Å². The van der Waals surface area contributed by atoms with E-state index in [0.29, 0.717) is 21.9 Å². The average molecular weight is 310 g/mol. The van der Waals surface area contributed by atoms with E-state index in [1.807, 2.05) is 6.92 Å². The van der Waals surface area contributed by atoms with Crippen molar-refractivity contribution in [1.29, 1.82) is 0 Å². The first-order valence-corrected chi connectivity index (χ1v) is 8.05. The van der Waals surface area contributed by atoms with Gasteiger partial charge in [0, 0.05) is 17.5 Å². The number of rotatable bonds is 3. The third-order valence-electron chi connectivity index (χ3n) is 5.55. The highest BCUT2D eigenvalue weighted by molar-refractivity contribution is 6.30. The van der Waals surface area contributed by atoms with E-state index in [-0.39, 0.29) is 5.41 Å². The molecule has 21 heavy (non-hydrogen) atoms. The highest BCUT2D eigenvalue weighted by Crippen LogP contribution is 2.68. The number of anilines is 1. The molecule has 0 saturated heterocycles. The molecule has 1 N–H and O–H groups in total. The maximum atomic E-state index is 6.28. The number of aromatic nitrogens is 2. The number of hydrogen-bond donors (Lipinski definition) is 1. The first-order chi connectivity index (χ1) is 9.39. The SMILES string of the molecule is Cc1c(Cl)nc(C(C)(C)C)nc1NCC1C(C)(C)C1(C)C. The van der Waals surface area contributed by atoms with Crippen molar-refractivity contribution in [2.24, 2.45) is 16.7 Å². The number of nitrogens with one attached hydrogen (secondary N) is 1. The van der Waals surface area contributed by atoms with E-state index in [4.69, 9.17) is 16.6 Å². The molecule has 2 rings (SSSR count). The molecule has 0 amide bonds. The van der Waals surface area contributed by atoms with Crippen molar-refractivity contribution in [2.75, 3.05) is 11.9 Å². The molecule has 1 aromatic heterocycles. The van der Waals surface area contributed by atoms with Crippen molar-refractivity contribution in [1.82, 2.24) is 9.97 Å². The molecule has 1 heterocycles. The van der Waals surface area contributed by atoms with Gasteiger partial charge in [0.15, 0.2) is 0 Å². The average Bonchev–Trinajstić information content (AvgIpc) is 2.70. The van der Waals surface area contributed by atoms with E-state index in [2.05, 4.69) is 58.8 Å². The zero-order chi connectivity index (χ0) is 16.2. The van der Waals surface area contributed by atoms with Gasteiger partial charge in [-0.1, -0.05) is 60.1 Å². The minimum atomic E-state index is -0.105. The van der Waals surface area contributed by atoms with Crippen molar-refractivity contribution >= 4 is 17.4 Å². The van der Waals surface area contributed by atoms with E-state index in [1.54, 1.807) is 0 Å². The minimum absolute atomic E-state index is 0.105. The van der Waals surface area contributed by atoms with Gasteiger partial charge in [-0.2, -0.15) is 0 Å². The Labute approximate surface area is 133 Å². The number of nitrogens with zero attached hydrogens (tertiary/aromatic N) is 2. The van der Waals surface area contributed by atoms with E-state index < -0.39 is 0 Å². The lowest BCUT2D eigenvalue weighted by atomic mass is 9.95. The van der Waals surface area contributed by atoms with Crippen LogP contribution in [0.15, 0.2) is 0 Å². The summed E-state index contributed by atoms with van der Waals surface area (Å²) in [5, 5.41) is 4.05. The molecular weight excluding hydrogens is 282 g/mol. The molecule has 118 valence electrons. The summed E-state index contributed by atoms with van der Waals surface area (Å²) in [5.74, 6) is 2.31. The second-order valence-corrected chi connectivity index (χ2v) is 8.80. The molecule has 3 nitrogen and oxygen atoms in total. The van der Waals surface area contributed by atoms with Gasteiger partial charge in [-0.05, 0) is 23.7 Å². The maximum Gasteiger partial charge on any atom is 0.137 e. The first-order valence-electron chi connectivity index (χ1n) is 7.67. The highest BCUT2D eigenvalue weighted by Gasteiger charge is 2.64. The molecule has 0 spiro atoms. The van der Waals surface area contributed by atoms with Gasteiger partial charge in [0.1, 0.15) is 16.8 Å². The monoisotopic (exact) mass is 309 g/mol. The molecule has 0 radical (unpaired) electrons. The van der Waals surface area contributed by atoms with Crippen LogP contribution < -0.4 is 5.32 Å². The predicted octanol–water partition coefficient (Wildman–Crippen LogP) is 4.83. The molecular formula is C17H28ClN3. The number of halogens is 1. The number of hydrogen-bond acceptors (Lipinski definition) is 3. The van der Waals surface area contributed by atoms with Crippen LogP contribution in [-0.4, -0.2) is 16.5 Å². The Balaban J connectivity index is 2.20. The Morgan fingerprint density at radius 2 is 1.62 bits per heavy atom. The second-order valence-electron chi connectivity index (χ2n) is 8.44. The standard InChI is InChI=1S/C17H28ClN3/c1-10-12(18)20-14(15(2,3)4)21-13(10)19-9-11-16(5,6)17(11,7)8/h11H,9H2,1-8H3,(H,19,20,21). The van der Waals surface area contributed by atoms with Gasteiger partial charge in [-0.25, -0.2) is 9.97 Å². The molecule has 4 heteroatoms. The smallest absolute Gasteiger partial charge is 0.137 e. The van der Waals surface area contributed by atoms with Crippen LogP contribution in [0.4, 0.5) is 5.82 Å². The fraction of sp³-hybridized carbons (Fsp3) is 0.765. The summed E-state index contributed by atoms with van der Waals surface area (Å²) in [4.78, 5) is 9.11. The summed E-state index contributed by atoms with van der Waals surface area (Å²) in [6, 6.07) is 0. The van der Waals surface area contributed by atoms with E-state index >= 15 is 0 Å². The molecule has 0 atom stereocenters. The third kappa shape index (κ3) is 2.77. The molecule has 1 aliphatic rings. The molecule has 1 fully saturated rings. The normalized spacial score (nSPS) is 20.4. The van der Waals surface area contributed by atoms with Gasteiger partial charge >= 0.3 is 0 Å². The summed E-state index contributed by atoms with van der Waals surface area (Å²) in [7, 11) is 0. The minimum Gasteiger partial charge on any atom is -0.369 e. The van der Waals surface area contributed by atoms with Crippen molar-refractivity contribution in [3.05, 3.63) is 16.5 Å². The van der Waals surface area contributed by atoms with Gasteiger partial charge < -0.3 is 5.32 Å². The van der Waals surface area contributed by atoms with Crippen LogP contribution in [0.5, 0.6) is 0 Å². The van der Waals surface area contributed by atoms with Crippen molar-refractivity contribution in [2.45, 2.75) is 60.8 Å². The van der Waals surface area contributed by atoms with E-state index in [1.165, 1.54) is 0 Å². The molecule has 0 aromatic carbocycles. The Morgan fingerprint density at radius 1 is 1.10 bits per heavy atom. The quantitative estimate of drug-likeness (QED) is 0.813. The summed E-state index contributed by atoms with van der Waals surface area (Å²) in [6.07, 6.45) is 0. The van der Waals surface area contributed by atoms with Gasteiger partial charge in [0.25, 0.3) is 0 Å². The fourth-order valence-corrected chi connectivity index (χ4v) is 3.21. The molecule has 1 aromatic rings. The van der Waals surface area contributed by atoms with E-state index in [9.17, 15) is 0 Å². The molecule has 1 saturated carbocycles. The highest BCUT2D eigenvalue weighted by atomic mass is 35.5. The fourth-order valence-electron chi connectivity index (χ4n) is 3.04. The predicted molar refractivity (Wildman–Crippen MR) is 90.0 cm³/mol. The third-order valence-corrected chi connectivity index (χ3v) is 5.92. The summed E-state index contributed by atoms with van der Waals surface area (Å²) >= 11 is 6.28. The zero-order valence-electron chi connectivity index (χ0n) is 14.6. The molecule has 0 aliphatic heterocycles. The zero-order valence-corrected chi connectivity index (χ0v) is 15.3. The first kappa shape index (κ1) is 16.5. The molecule has 0 bridgehead atoms. The lowest BCUT2D eigenvalue weighted by Crippen LogP contribution is -2.19. The lowest BCUT2D eigenvalue weighted by Gasteiger charge is -2.19. The van der Waals surface area contributed by atoms with Crippen molar-refractivity contribution in [3.8, 4) is 0 Å². The second kappa shape index (κ2) is 4.84. The van der Waals surface area contributed by atoms with Crippen LogP contribution in [0.3, 0.4) is 0 Å². The molecule has 1 aliphatic carbocycles. The van der Waals surface area contributed by atoms with Crippen LogP contribution in [0.1, 0.15) is 59.9 Å². The van der Waals surface area contributed by atoms with Crippen LogP contribution >= 0.6 is 11.6 Å². The largest absolute Gasteiger partial charge is 0.369 e. The summed E-state index contributed by atoms with van der Waals surface area (Å²) in [6.45, 7) is 18.5. The van der Waals surface area contributed by atoms with Crippen LogP contribution in [0.2, 0.25) is 5.15 Å². The Kier molecular flexibility index (Phi) is 3.81. The molecule has 0 unspecified atom stereocenters. The van der Waals surface area contributed by atoms with Gasteiger partial charge in [-0.15, -0.1) is 0 Å². The summed E-state index contributed by atoms with van der Waals surface area (Å²) < 4.78 is 0. The Bertz CT molecular complexity index is 542. The van der Waals surface area contributed by atoms with Crippen molar-refractivity contribution < 1.29 is 0 Å². The summed E-state index contributed by atoms with van der Waals surface area (Å²) in [5.41, 5.74) is 1.57. The van der Waals surface area contributed by atoms with Crippen LogP contribution in [-0.2, 0) is 5.41 Å². The van der Waals surface area contributed by atoms with Gasteiger partial charge in [-0.3, -0.25) is 0 Å². The van der Waals surface area contributed by atoms with E-state index in [0.717, 1.165) is 23.8 Å². The van der Waals surface area contributed by atoms with Gasteiger partial charge in [0.05, 0.1) is 0 Å². The topological polar surface area (TPSA) is 37.8 Å². The van der Waals surface area contributed by atoms with Crippen LogP contribution in [0, 0.1) is 23.7 Å². The lowest BCUT2D eigenvalue weighted by molar-refractivity contribution is 0.457. The Hall–Kier alpha value is -0.830.